The summed E-state index contributed by atoms with van der Waals surface area (Å²) < 4.78 is 0. The van der Waals surface area contributed by atoms with Gasteiger partial charge in [-0.05, 0) is 38.0 Å². The number of Topliss-reactive ketones (excluding diaryl/α,β-unsaturated/α-hetero) is 1. The summed E-state index contributed by atoms with van der Waals surface area (Å²) in [4.78, 5) is 11.9. The summed E-state index contributed by atoms with van der Waals surface area (Å²) in [6.07, 6.45) is 4.91. The van der Waals surface area contributed by atoms with Crippen LogP contribution in [0.5, 0.6) is 0 Å². The van der Waals surface area contributed by atoms with Crippen LogP contribution in [0.1, 0.15) is 26.2 Å². The monoisotopic (exact) mass is 246 g/mol. The van der Waals surface area contributed by atoms with Gasteiger partial charge in [-0.25, -0.2) is 0 Å². The average Bonchev–Trinajstić information content (AvgIpc) is 2.25. The summed E-state index contributed by atoms with van der Waals surface area (Å²) in [7, 11) is -1.44. The van der Waals surface area contributed by atoms with Crippen LogP contribution in [0.25, 0.3) is 0 Å². The second-order valence-electron chi connectivity index (χ2n) is 5.88. The quantitative estimate of drug-likeness (QED) is 0.412. The van der Waals surface area contributed by atoms with E-state index >= 15 is 0 Å². The molecule has 0 aliphatic heterocycles. The van der Waals surface area contributed by atoms with Gasteiger partial charge in [0.05, 0.1) is 0 Å². The maximum atomic E-state index is 11.9. The number of rotatable bonds is 2. The Balaban J connectivity index is 2.67. The van der Waals surface area contributed by atoms with E-state index < -0.39 is 8.07 Å². The lowest BCUT2D eigenvalue weighted by atomic mass is 9.84. The number of carbonyl (C=O) groups is 1. The van der Waals surface area contributed by atoms with Gasteiger partial charge in [-0.1, -0.05) is 37.9 Å². The van der Waals surface area contributed by atoms with E-state index in [1.54, 1.807) is 0 Å². The molecule has 1 rings (SSSR count). The molecule has 0 amide bonds. The Morgan fingerprint density at radius 2 is 2.12 bits per heavy atom. The number of hydrogen-bond acceptors (Lipinski definition) is 1. The molecule has 17 heavy (non-hydrogen) atoms. The average molecular weight is 246 g/mol. The van der Waals surface area contributed by atoms with Gasteiger partial charge in [0.15, 0.2) is 0 Å². The van der Waals surface area contributed by atoms with E-state index in [-0.39, 0.29) is 5.78 Å². The van der Waals surface area contributed by atoms with E-state index in [2.05, 4.69) is 50.7 Å². The van der Waals surface area contributed by atoms with Gasteiger partial charge in [-0.3, -0.25) is 4.79 Å². The summed E-state index contributed by atoms with van der Waals surface area (Å²) in [6.45, 7) is 12.5. The maximum absolute atomic E-state index is 11.9. The van der Waals surface area contributed by atoms with Gasteiger partial charge in [0.25, 0.3) is 0 Å². The Labute approximate surface area is 106 Å². The minimum absolute atomic E-state index is 0.0348. The zero-order chi connectivity index (χ0) is 13.1. The minimum atomic E-state index is -1.44. The summed E-state index contributed by atoms with van der Waals surface area (Å²) in [5.74, 6) is 3.41. The van der Waals surface area contributed by atoms with Crippen LogP contribution in [-0.4, -0.2) is 13.9 Å². The van der Waals surface area contributed by atoms with Crippen LogP contribution >= 0.6 is 0 Å². The van der Waals surface area contributed by atoms with Crippen LogP contribution in [0.2, 0.25) is 19.6 Å². The second kappa shape index (κ2) is 5.51. The summed E-state index contributed by atoms with van der Waals surface area (Å²) in [5, 5.41) is 0. The van der Waals surface area contributed by atoms with Crippen molar-refractivity contribution >= 4 is 13.9 Å². The van der Waals surface area contributed by atoms with E-state index in [0.29, 0.717) is 5.92 Å². The standard InChI is InChI=1S/C15H22OSi/c1-12(2)13-6-8-14(9-7-13)15(16)10-11-17(3,4)5/h8,13H,1,6-7,9H2,2-5H3/t13-/m1/s1. The molecule has 0 aromatic carbocycles. The third-order valence-corrected chi connectivity index (χ3v) is 3.83. The van der Waals surface area contributed by atoms with Crippen molar-refractivity contribution in [2.24, 2.45) is 5.92 Å². The van der Waals surface area contributed by atoms with E-state index in [1.165, 1.54) is 5.57 Å². The summed E-state index contributed by atoms with van der Waals surface area (Å²) in [5.41, 5.74) is 5.27. The highest BCUT2D eigenvalue weighted by Crippen LogP contribution is 2.28. The molecule has 0 heterocycles. The first kappa shape index (κ1) is 14.0. The molecule has 0 saturated carbocycles. The van der Waals surface area contributed by atoms with Gasteiger partial charge < -0.3 is 0 Å². The van der Waals surface area contributed by atoms with Crippen LogP contribution in [0.3, 0.4) is 0 Å². The zero-order valence-corrected chi connectivity index (χ0v) is 12.4. The molecular weight excluding hydrogens is 224 g/mol. The largest absolute Gasteiger partial charge is 0.280 e. The SMILES string of the molecule is C=C(C)[C@@H]1CC=C(C(=O)C#C[Si](C)(C)C)CC1. The topological polar surface area (TPSA) is 17.1 Å². The molecule has 0 radical (unpaired) electrons. The highest BCUT2D eigenvalue weighted by Gasteiger charge is 2.18. The molecular formula is C15H22OSi. The van der Waals surface area contributed by atoms with Gasteiger partial charge in [0.1, 0.15) is 8.07 Å². The van der Waals surface area contributed by atoms with Gasteiger partial charge in [0.2, 0.25) is 5.78 Å². The highest BCUT2D eigenvalue weighted by molar-refractivity contribution is 6.84. The van der Waals surface area contributed by atoms with Crippen molar-refractivity contribution in [1.29, 1.82) is 0 Å². The Morgan fingerprint density at radius 1 is 1.47 bits per heavy atom. The van der Waals surface area contributed by atoms with Crippen LogP contribution in [-0.2, 0) is 4.79 Å². The molecule has 0 bridgehead atoms. The molecule has 0 saturated heterocycles. The van der Waals surface area contributed by atoms with Crippen molar-refractivity contribution < 1.29 is 4.79 Å². The smallest absolute Gasteiger partial charge is 0.230 e. The molecule has 0 aromatic heterocycles. The lowest BCUT2D eigenvalue weighted by molar-refractivity contribution is -0.110. The molecule has 2 heteroatoms. The first-order chi connectivity index (χ1) is 7.79. The van der Waals surface area contributed by atoms with E-state index in [4.69, 9.17) is 0 Å². The fraction of sp³-hybridized carbons (Fsp3) is 0.533. The first-order valence-electron chi connectivity index (χ1n) is 6.21. The van der Waals surface area contributed by atoms with E-state index in [9.17, 15) is 4.79 Å². The van der Waals surface area contributed by atoms with Gasteiger partial charge in [-0.2, -0.15) is 0 Å². The maximum Gasteiger partial charge on any atom is 0.230 e. The minimum Gasteiger partial charge on any atom is -0.280 e. The fourth-order valence-electron chi connectivity index (χ4n) is 1.81. The molecule has 0 fully saturated rings. The van der Waals surface area contributed by atoms with Gasteiger partial charge in [0, 0.05) is 5.57 Å². The highest BCUT2D eigenvalue weighted by atomic mass is 28.3. The van der Waals surface area contributed by atoms with Crippen LogP contribution in [0.4, 0.5) is 0 Å². The Morgan fingerprint density at radius 3 is 2.53 bits per heavy atom. The molecule has 1 aliphatic rings. The molecule has 1 nitrogen and oxygen atoms in total. The Bertz CT molecular complexity index is 412. The lowest BCUT2D eigenvalue weighted by Gasteiger charge is -2.20. The summed E-state index contributed by atoms with van der Waals surface area (Å²) in [6, 6.07) is 0. The van der Waals surface area contributed by atoms with Crippen LogP contribution in [0, 0.1) is 17.4 Å². The van der Waals surface area contributed by atoms with E-state index in [0.717, 1.165) is 24.8 Å². The lowest BCUT2D eigenvalue weighted by Crippen LogP contribution is -2.18. The van der Waals surface area contributed by atoms with Crippen molar-refractivity contribution in [3.8, 4) is 11.5 Å². The van der Waals surface area contributed by atoms with Crippen molar-refractivity contribution in [1.82, 2.24) is 0 Å². The third-order valence-electron chi connectivity index (χ3n) is 2.95. The zero-order valence-electron chi connectivity index (χ0n) is 11.4. The molecule has 0 unspecified atom stereocenters. The first-order valence-corrected chi connectivity index (χ1v) is 9.71. The Hall–Kier alpha value is -1.07. The number of ketones is 1. The third kappa shape index (κ3) is 4.75. The van der Waals surface area contributed by atoms with E-state index in [1.807, 2.05) is 0 Å². The molecule has 92 valence electrons. The van der Waals surface area contributed by atoms with Gasteiger partial charge >= 0.3 is 0 Å². The molecule has 1 atom stereocenters. The van der Waals surface area contributed by atoms with Crippen molar-refractivity contribution in [2.75, 3.05) is 0 Å². The van der Waals surface area contributed by atoms with Crippen molar-refractivity contribution in [3.05, 3.63) is 23.8 Å². The van der Waals surface area contributed by atoms with Crippen molar-refractivity contribution in [3.63, 3.8) is 0 Å². The van der Waals surface area contributed by atoms with Crippen LogP contribution < -0.4 is 0 Å². The molecule has 0 spiro atoms. The predicted octanol–water partition coefficient (Wildman–Crippen LogP) is 3.74. The predicted molar refractivity (Wildman–Crippen MR) is 76.4 cm³/mol. The molecule has 1 aliphatic carbocycles. The van der Waals surface area contributed by atoms with Gasteiger partial charge in [-0.15, -0.1) is 5.54 Å². The molecule has 0 aromatic rings. The molecule has 0 N–H and O–H groups in total. The Kier molecular flexibility index (Phi) is 4.53. The normalized spacial score (nSPS) is 20.0. The van der Waals surface area contributed by atoms with Crippen molar-refractivity contribution in [2.45, 2.75) is 45.8 Å². The number of hydrogen-bond donors (Lipinski definition) is 0. The second-order valence-corrected chi connectivity index (χ2v) is 10.6. The van der Waals surface area contributed by atoms with Crippen LogP contribution in [0.15, 0.2) is 23.8 Å². The summed E-state index contributed by atoms with van der Waals surface area (Å²) >= 11 is 0. The number of allylic oxidation sites excluding steroid dienone is 3. The fourth-order valence-corrected chi connectivity index (χ4v) is 2.30. The number of carbonyl (C=O) groups excluding carboxylic acids is 1.